The van der Waals surface area contributed by atoms with Crippen LogP contribution in [0.25, 0.3) is 0 Å². The summed E-state index contributed by atoms with van der Waals surface area (Å²) in [6, 6.07) is 5.30. The first-order valence-electron chi connectivity index (χ1n) is 12.0. The molecule has 6 rings (SSSR count). The topological polar surface area (TPSA) is 79.0 Å². The fourth-order valence-electron chi connectivity index (χ4n) is 6.69. The van der Waals surface area contributed by atoms with Crippen molar-refractivity contribution in [3.8, 4) is 5.75 Å². The molecule has 1 heterocycles. The summed E-state index contributed by atoms with van der Waals surface area (Å²) in [5, 5.41) is 3.17. The van der Waals surface area contributed by atoms with Crippen LogP contribution in [0.3, 0.4) is 0 Å². The summed E-state index contributed by atoms with van der Waals surface area (Å²) < 4.78 is 69.7. The van der Waals surface area contributed by atoms with Gasteiger partial charge in [-0.2, -0.15) is 17.0 Å². The molecule has 1 saturated heterocycles. The first kappa shape index (κ1) is 23.9. The third kappa shape index (κ3) is 5.06. The van der Waals surface area contributed by atoms with Crippen LogP contribution in [0.5, 0.6) is 5.75 Å². The van der Waals surface area contributed by atoms with Crippen LogP contribution in [0.15, 0.2) is 24.3 Å². The van der Waals surface area contributed by atoms with Gasteiger partial charge in [0.2, 0.25) is 5.91 Å². The Kier molecular flexibility index (Phi) is 6.31. The summed E-state index contributed by atoms with van der Waals surface area (Å²) in [5.41, 5.74) is 0.540. The number of nitrogens with one attached hydrogen (secondary N) is 1. The Morgan fingerprint density at radius 3 is 2.15 bits per heavy atom. The molecule has 5 fully saturated rings. The zero-order valence-corrected chi connectivity index (χ0v) is 19.7. The normalized spacial score (nSPS) is 33.1. The van der Waals surface area contributed by atoms with E-state index < -0.39 is 16.6 Å². The van der Waals surface area contributed by atoms with E-state index in [4.69, 9.17) is 0 Å². The van der Waals surface area contributed by atoms with E-state index in [-0.39, 0.29) is 43.9 Å². The molecule has 1 aromatic carbocycles. The molecule has 4 bridgehead atoms. The van der Waals surface area contributed by atoms with Gasteiger partial charge in [0.05, 0.1) is 6.54 Å². The van der Waals surface area contributed by atoms with E-state index in [0.717, 1.165) is 24.0 Å². The largest absolute Gasteiger partial charge is 0.573 e. The van der Waals surface area contributed by atoms with Gasteiger partial charge in [0.1, 0.15) is 5.75 Å². The van der Waals surface area contributed by atoms with E-state index in [9.17, 15) is 26.4 Å². The fourth-order valence-corrected chi connectivity index (χ4v) is 8.33. The lowest BCUT2D eigenvalue weighted by molar-refractivity contribution is -0.274. The fraction of sp³-hybridized carbons (Fsp3) is 0.696. The molecule has 1 amide bonds. The zero-order chi connectivity index (χ0) is 24.1. The van der Waals surface area contributed by atoms with E-state index in [1.807, 2.05) is 0 Å². The highest BCUT2D eigenvalue weighted by molar-refractivity contribution is 7.86. The van der Waals surface area contributed by atoms with Gasteiger partial charge in [-0.25, -0.2) is 0 Å². The smallest absolute Gasteiger partial charge is 0.406 e. The number of hydrogen-bond acceptors (Lipinski definition) is 4. The number of halogens is 3. The molecular formula is C23H30F3N3O4S. The van der Waals surface area contributed by atoms with Crippen LogP contribution in [0.4, 0.5) is 13.2 Å². The number of nitrogens with zero attached hydrogens (tertiary/aromatic N) is 2. The van der Waals surface area contributed by atoms with Gasteiger partial charge in [0, 0.05) is 25.7 Å². The number of amides is 1. The number of alkyl halides is 3. The summed E-state index contributed by atoms with van der Waals surface area (Å²) in [6.45, 7) is 0.366. The predicted octanol–water partition coefficient (Wildman–Crippen LogP) is 3.28. The Balaban J connectivity index is 1.19. The van der Waals surface area contributed by atoms with Crippen LogP contribution in [-0.4, -0.2) is 55.0 Å². The van der Waals surface area contributed by atoms with Crippen molar-refractivity contribution < 1.29 is 31.1 Å². The molecular weight excluding hydrogens is 471 g/mol. The summed E-state index contributed by atoms with van der Waals surface area (Å²) in [7, 11) is -3.86. The Labute approximate surface area is 197 Å². The number of carbonyl (C=O) groups is 1. The van der Waals surface area contributed by atoms with Crippen LogP contribution in [-0.2, 0) is 21.5 Å². The minimum Gasteiger partial charge on any atom is -0.406 e. The van der Waals surface area contributed by atoms with Gasteiger partial charge in [0.25, 0.3) is 10.2 Å². The molecule has 0 radical (unpaired) electrons. The maximum absolute atomic E-state index is 13.1. The number of carbonyl (C=O) groups excluding carboxylic acids is 1. The van der Waals surface area contributed by atoms with Gasteiger partial charge >= 0.3 is 6.36 Å². The third-order valence-corrected chi connectivity index (χ3v) is 9.79. The Bertz CT molecular complexity index is 987. The van der Waals surface area contributed by atoms with Crippen molar-refractivity contribution in [2.45, 2.75) is 57.5 Å². The SMILES string of the molecule is O=C(CN1CCCN(Cc2ccc(OC(F)(F)F)cc2)S1(=O)=O)NC1C2CC3CC(C2)CC1C3. The molecule has 5 aliphatic rings. The summed E-state index contributed by atoms with van der Waals surface area (Å²) in [4.78, 5) is 12.9. The van der Waals surface area contributed by atoms with E-state index in [1.165, 1.54) is 52.8 Å². The van der Waals surface area contributed by atoms with Crippen molar-refractivity contribution in [3.05, 3.63) is 29.8 Å². The average Bonchev–Trinajstić information content (AvgIpc) is 2.73. The highest BCUT2D eigenvalue weighted by atomic mass is 32.2. The molecule has 1 aromatic rings. The second-order valence-electron chi connectivity index (χ2n) is 10.2. The Morgan fingerprint density at radius 2 is 1.56 bits per heavy atom. The van der Waals surface area contributed by atoms with Gasteiger partial charge in [-0.3, -0.25) is 4.79 Å². The second-order valence-corrected chi connectivity index (χ2v) is 12.2. The van der Waals surface area contributed by atoms with Gasteiger partial charge in [0.15, 0.2) is 0 Å². The van der Waals surface area contributed by atoms with Crippen LogP contribution in [0, 0.1) is 23.7 Å². The molecule has 1 aliphatic heterocycles. The van der Waals surface area contributed by atoms with Crippen LogP contribution in [0.2, 0.25) is 0 Å². The standard InChI is InChI=1S/C23H30F3N3O4S/c24-23(25,26)33-20-4-2-15(3-5-20)13-28-6-1-7-29(34(28,31)32)14-21(30)27-22-18-9-16-8-17(11-18)12-19(22)10-16/h2-5,16-19,22H,1,6-14H2,(H,27,30). The van der Waals surface area contributed by atoms with E-state index in [1.54, 1.807) is 0 Å². The molecule has 7 nitrogen and oxygen atoms in total. The lowest BCUT2D eigenvalue weighted by Gasteiger charge is -2.54. The first-order valence-corrected chi connectivity index (χ1v) is 13.4. The molecule has 34 heavy (non-hydrogen) atoms. The van der Waals surface area contributed by atoms with E-state index in [2.05, 4.69) is 10.1 Å². The average molecular weight is 502 g/mol. The maximum atomic E-state index is 13.1. The Hall–Kier alpha value is -1.85. The van der Waals surface area contributed by atoms with Crippen LogP contribution >= 0.6 is 0 Å². The lowest BCUT2D eigenvalue weighted by Crippen LogP contribution is -2.58. The van der Waals surface area contributed by atoms with Crippen molar-refractivity contribution in [1.82, 2.24) is 13.9 Å². The minimum atomic E-state index is -4.78. The lowest BCUT2D eigenvalue weighted by atomic mass is 9.54. The third-order valence-electron chi connectivity index (χ3n) is 7.86. The summed E-state index contributed by atoms with van der Waals surface area (Å²) in [5.74, 6) is 2.00. The quantitative estimate of drug-likeness (QED) is 0.649. The number of hydrogen-bond donors (Lipinski definition) is 1. The molecule has 0 atom stereocenters. The number of rotatable bonds is 6. The highest BCUT2D eigenvalue weighted by Crippen LogP contribution is 2.53. The van der Waals surface area contributed by atoms with Gasteiger partial charge in [-0.05, 0) is 79.9 Å². The van der Waals surface area contributed by atoms with E-state index >= 15 is 0 Å². The molecule has 11 heteroatoms. The molecule has 0 spiro atoms. The second kappa shape index (κ2) is 8.98. The highest BCUT2D eigenvalue weighted by Gasteiger charge is 2.48. The van der Waals surface area contributed by atoms with Crippen molar-refractivity contribution in [2.75, 3.05) is 19.6 Å². The summed E-state index contributed by atoms with van der Waals surface area (Å²) in [6.07, 6.45) is 1.78. The van der Waals surface area contributed by atoms with Crippen molar-refractivity contribution in [3.63, 3.8) is 0 Å². The Morgan fingerprint density at radius 1 is 0.971 bits per heavy atom. The van der Waals surface area contributed by atoms with Gasteiger partial charge < -0.3 is 10.1 Å². The predicted molar refractivity (Wildman–Crippen MR) is 118 cm³/mol. The van der Waals surface area contributed by atoms with E-state index in [0.29, 0.717) is 23.8 Å². The van der Waals surface area contributed by atoms with Crippen molar-refractivity contribution in [1.29, 1.82) is 0 Å². The first-order chi connectivity index (χ1) is 16.1. The number of benzene rings is 1. The molecule has 0 aromatic heterocycles. The van der Waals surface area contributed by atoms with Crippen LogP contribution < -0.4 is 10.1 Å². The van der Waals surface area contributed by atoms with Gasteiger partial charge in [-0.1, -0.05) is 12.1 Å². The summed E-state index contributed by atoms with van der Waals surface area (Å²) >= 11 is 0. The van der Waals surface area contributed by atoms with Crippen molar-refractivity contribution in [2.24, 2.45) is 23.7 Å². The zero-order valence-electron chi connectivity index (χ0n) is 18.8. The number of ether oxygens (including phenoxy) is 1. The minimum absolute atomic E-state index is 0.0162. The van der Waals surface area contributed by atoms with Crippen molar-refractivity contribution >= 4 is 16.1 Å². The molecule has 188 valence electrons. The molecule has 1 N–H and O–H groups in total. The molecule has 0 unspecified atom stereocenters. The molecule has 4 aliphatic carbocycles. The van der Waals surface area contributed by atoms with Gasteiger partial charge in [-0.15, -0.1) is 13.2 Å². The molecule has 4 saturated carbocycles. The van der Waals surface area contributed by atoms with Crippen LogP contribution in [0.1, 0.15) is 44.1 Å². The maximum Gasteiger partial charge on any atom is 0.573 e. The monoisotopic (exact) mass is 501 g/mol.